The van der Waals surface area contributed by atoms with Gasteiger partial charge >= 0.3 is 7.12 Å². The topological polar surface area (TPSA) is 61.7 Å². The molecule has 6 nitrogen and oxygen atoms in total. The third-order valence-electron chi connectivity index (χ3n) is 5.86. The quantitative estimate of drug-likeness (QED) is 0.645. The maximum Gasteiger partial charge on any atom is 0.494 e. The van der Waals surface area contributed by atoms with Gasteiger partial charge in [-0.2, -0.15) is 0 Å². The summed E-state index contributed by atoms with van der Waals surface area (Å²) in [6.45, 7) is 9.50. The van der Waals surface area contributed by atoms with Crippen LogP contribution in [-0.4, -0.2) is 35.9 Å². The standard InChI is InChI=1S/C15H22BNO4.C9H9N/c1-10(18)17-12-8-7-11(9-13(12)19-6)16-20-14(2,3)15(4,5)21-16;1-10-7-6-8-4-2-3-5-9(8)10/h7-9H,1-6H3,(H,17,18);2-7H,1H3. The van der Waals surface area contributed by atoms with E-state index < -0.39 is 7.12 Å². The lowest BCUT2D eigenvalue weighted by molar-refractivity contribution is -0.114. The van der Waals surface area contributed by atoms with Crippen LogP contribution in [-0.2, 0) is 21.2 Å². The highest BCUT2D eigenvalue weighted by molar-refractivity contribution is 6.62. The summed E-state index contributed by atoms with van der Waals surface area (Å²) < 4.78 is 19.5. The minimum absolute atomic E-state index is 0.142. The summed E-state index contributed by atoms with van der Waals surface area (Å²) in [7, 11) is 3.17. The van der Waals surface area contributed by atoms with Crippen LogP contribution in [0.25, 0.3) is 10.9 Å². The number of hydrogen-bond acceptors (Lipinski definition) is 4. The van der Waals surface area contributed by atoms with Crippen LogP contribution in [0, 0.1) is 0 Å². The van der Waals surface area contributed by atoms with Crippen molar-refractivity contribution >= 4 is 35.1 Å². The molecular weight excluding hydrogens is 391 g/mol. The van der Waals surface area contributed by atoms with Crippen molar-refractivity contribution in [3.63, 3.8) is 0 Å². The number of para-hydroxylation sites is 1. The van der Waals surface area contributed by atoms with E-state index in [2.05, 4.69) is 53.5 Å². The Morgan fingerprint density at radius 2 is 1.68 bits per heavy atom. The van der Waals surface area contributed by atoms with Gasteiger partial charge in [0.1, 0.15) is 5.75 Å². The first-order valence-corrected chi connectivity index (χ1v) is 10.4. The molecular formula is C24H31BN2O4. The molecule has 1 fully saturated rings. The van der Waals surface area contributed by atoms with Gasteiger partial charge in [0, 0.05) is 25.7 Å². The molecule has 0 aliphatic carbocycles. The Labute approximate surface area is 184 Å². The zero-order valence-corrected chi connectivity index (χ0v) is 19.4. The summed E-state index contributed by atoms with van der Waals surface area (Å²) in [5.41, 5.74) is 2.01. The van der Waals surface area contributed by atoms with Crippen LogP contribution in [0.3, 0.4) is 0 Å². The highest BCUT2D eigenvalue weighted by atomic mass is 16.7. The van der Waals surface area contributed by atoms with Gasteiger partial charge in [0.2, 0.25) is 5.91 Å². The molecule has 1 aliphatic heterocycles. The molecule has 0 radical (unpaired) electrons. The number of methoxy groups -OCH3 is 1. The smallest absolute Gasteiger partial charge is 0.494 e. The first kappa shape index (κ1) is 22.9. The third kappa shape index (κ3) is 4.94. The molecule has 3 aromatic rings. The predicted molar refractivity (Wildman–Crippen MR) is 126 cm³/mol. The van der Waals surface area contributed by atoms with Gasteiger partial charge in [-0.1, -0.05) is 24.3 Å². The van der Waals surface area contributed by atoms with E-state index in [1.54, 1.807) is 13.2 Å². The van der Waals surface area contributed by atoms with E-state index >= 15 is 0 Å². The molecule has 0 atom stereocenters. The van der Waals surface area contributed by atoms with Crippen LogP contribution in [0.2, 0.25) is 0 Å². The number of aryl methyl sites for hydroxylation is 1. The van der Waals surface area contributed by atoms with Crippen molar-refractivity contribution in [1.82, 2.24) is 4.57 Å². The number of carbonyl (C=O) groups excluding carboxylic acids is 1. The van der Waals surface area contributed by atoms with Crippen molar-refractivity contribution in [2.24, 2.45) is 7.05 Å². The number of fused-ring (bicyclic) bond motifs is 1. The Bertz CT molecular complexity index is 1060. The number of ether oxygens (including phenoxy) is 1. The lowest BCUT2D eigenvalue weighted by atomic mass is 9.79. The molecule has 0 saturated carbocycles. The molecule has 2 heterocycles. The molecule has 4 rings (SSSR count). The highest BCUT2D eigenvalue weighted by Gasteiger charge is 2.51. The second-order valence-electron chi connectivity index (χ2n) is 8.71. The Hall–Kier alpha value is -2.77. The van der Waals surface area contributed by atoms with Crippen LogP contribution < -0.4 is 15.5 Å². The van der Waals surface area contributed by atoms with Gasteiger partial charge in [0.15, 0.2) is 0 Å². The Kier molecular flexibility index (Phi) is 6.48. The molecule has 1 aromatic heterocycles. The van der Waals surface area contributed by atoms with Gasteiger partial charge in [0.25, 0.3) is 0 Å². The monoisotopic (exact) mass is 422 g/mol. The van der Waals surface area contributed by atoms with Gasteiger partial charge in [-0.3, -0.25) is 4.79 Å². The van der Waals surface area contributed by atoms with Crippen LogP contribution in [0.5, 0.6) is 5.75 Å². The minimum atomic E-state index is -0.449. The van der Waals surface area contributed by atoms with E-state index in [0.717, 1.165) is 5.46 Å². The van der Waals surface area contributed by atoms with Gasteiger partial charge in [-0.05, 0) is 62.8 Å². The normalized spacial score (nSPS) is 16.5. The van der Waals surface area contributed by atoms with Crippen molar-refractivity contribution in [3.05, 3.63) is 54.7 Å². The van der Waals surface area contributed by atoms with E-state index in [1.807, 2.05) is 39.8 Å². The first-order valence-electron chi connectivity index (χ1n) is 10.4. The van der Waals surface area contributed by atoms with E-state index in [1.165, 1.54) is 17.8 Å². The predicted octanol–water partition coefficient (Wildman–Crippen LogP) is 4.13. The second-order valence-corrected chi connectivity index (χ2v) is 8.71. The molecule has 1 amide bonds. The van der Waals surface area contributed by atoms with Gasteiger partial charge < -0.3 is 23.9 Å². The molecule has 0 bridgehead atoms. The average molecular weight is 422 g/mol. The van der Waals surface area contributed by atoms with Crippen LogP contribution in [0.4, 0.5) is 5.69 Å². The van der Waals surface area contributed by atoms with E-state index in [4.69, 9.17) is 14.0 Å². The fraction of sp³-hybridized carbons (Fsp3) is 0.375. The summed E-state index contributed by atoms with van der Waals surface area (Å²) in [6, 6.07) is 16.0. The number of rotatable bonds is 3. The number of amides is 1. The largest absolute Gasteiger partial charge is 0.495 e. The molecule has 7 heteroatoms. The number of anilines is 1. The van der Waals surface area contributed by atoms with Crippen molar-refractivity contribution in [1.29, 1.82) is 0 Å². The second kappa shape index (κ2) is 8.77. The number of nitrogens with one attached hydrogen (secondary N) is 1. The lowest BCUT2D eigenvalue weighted by Gasteiger charge is -2.32. The summed E-state index contributed by atoms with van der Waals surface area (Å²) in [5.74, 6) is 0.439. The van der Waals surface area contributed by atoms with Gasteiger partial charge in [0.05, 0.1) is 24.0 Å². The first-order chi connectivity index (χ1) is 14.5. The summed E-state index contributed by atoms with van der Waals surface area (Å²) in [5, 5.41) is 4.04. The zero-order chi connectivity index (χ0) is 22.8. The summed E-state index contributed by atoms with van der Waals surface area (Å²) in [4.78, 5) is 11.2. The summed E-state index contributed by atoms with van der Waals surface area (Å²) >= 11 is 0. The minimum Gasteiger partial charge on any atom is -0.495 e. The number of carbonyl (C=O) groups is 1. The zero-order valence-electron chi connectivity index (χ0n) is 19.4. The highest BCUT2D eigenvalue weighted by Crippen LogP contribution is 2.37. The number of benzene rings is 2. The summed E-state index contributed by atoms with van der Waals surface area (Å²) in [6.07, 6.45) is 2.07. The molecule has 2 aromatic carbocycles. The fourth-order valence-electron chi connectivity index (χ4n) is 3.35. The molecule has 1 saturated heterocycles. The van der Waals surface area contributed by atoms with E-state index in [0.29, 0.717) is 11.4 Å². The van der Waals surface area contributed by atoms with E-state index in [-0.39, 0.29) is 17.1 Å². The maximum absolute atomic E-state index is 11.2. The van der Waals surface area contributed by atoms with Crippen LogP contribution in [0.1, 0.15) is 34.6 Å². The molecule has 1 aliphatic rings. The Balaban J connectivity index is 0.000000225. The van der Waals surface area contributed by atoms with Crippen molar-refractivity contribution < 1.29 is 18.8 Å². The molecule has 164 valence electrons. The number of nitrogens with zero attached hydrogens (tertiary/aromatic N) is 1. The van der Waals surface area contributed by atoms with Gasteiger partial charge in [-0.15, -0.1) is 0 Å². The molecule has 0 spiro atoms. The molecule has 1 N–H and O–H groups in total. The number of hydrogen-bond donors (Lipinski definition) is 1. The SMILES string of the molecule is COc1cc(B2OC(C)(C)C(C)(C)O2)ccc1NC(C)=O.Cn1ccc2ccccc21. The third-order valence-corrected chi connectivity index (χ3v) is 5.86. The maximum atomic E-state index is 11.2. The van der Waals surface area contributed by atoms with Crippen molar-refractivity contribution in [2.75, 3.05) is 12.4 Å². The van der Waals surface area contributed by atoms with Crippen LogP contribution in [0.15, 0.2) is 54.7 Å². The Morgan fingerprint density at radius 1 is 1.03 bits per heavy atom. The van der Waals surface area contributed by atoms with E-state index in [9.17, 15) is 4.79 Å². The Morgan fingerprint density at radius 3 is 2.26 bits per heavy atom. The molecule has 31 heavy (non-hydrogen) atoms. The van der Waals surface area contributed by atoms with Gasteiger partial charge in [-0.25, -0.2) is 0 Å². The van der Waals surface area contributed by atoms with Crippen molar-refractivity contribution in [3.8, 4) is 5.75 Å². The van der Waals surface area contributed by atoms with Crippen molar-refractivity contribution in [2.45, 2.75) is 45.8 Å². The average Bonchev–Trinajstić information content (AvgIpc) is 3.18. The molecule has 0 unspecified atom stereocenters. The lowest BCUT2D eigenvalue weighted by Crippen LogP contribution is -2.41. The van der Waals surface area contributed by atoms with Crippen LogP contribution >= 0.6 is 0 Å². The fourth-order valence-corrected chi connectivity index (χ4v) is 3.35. The number of aromatic nitrogens is 1.